The summed E-state index contributed by atoms with van der Waals surface area (Å²) in [6.07, 6.45) is 6.38. The van der Waals surface area contributed by atoms with Crippen LogP contribution in [0.2, 0.25) is 0 Å². The summed E-state index contributed by atoms with van der Waals surface area (Å²) in [5.41, 5.74) is 5.10. The van der Waals surface area contributed by atoms with Gasteiger partial charge in [-0.05, 0) is 18.1 Å². The largest absolute Gasteiger partial charge is 0.130 e. The molecule has 0 heterocycles. The van der Waals surface area contributed by atoms with Crippen LogP contribution in [0.15, 0.2) is 54.8 Å². The Balaban J connectivity index is 4.32. The minimum atomic E-state index is 0.860. The van der Waals surface area contributed by atoms with E-state index in [1.807, 2.05) is 19.1 Å². The molecule has 58 valence electrons. The van der Waals surface area contributed by atoms with Crippen molar-refractivity contribution in [3.8, 4) is 0 Å². The van der Waals surface area contributed by atoms with Gasteiger partial charge in [0.1, 0.15) is 0 Å². The van der Waals surface area contributed by atoms with Gasteiger partial charge in [0.15, 0.2) is 0 Å². The molecule has 0 unspecified atom stereocenters. The van der Waals surface area contributed by atoms with Gasteiger partial charge < -0.3 is 0 Å². The fourth-order valence-corrected chi connectivity index (χ4v) is 0.719. The van der Waals surface area contributed by atoms with Crippen LogP contribution in [0.25, 0.3) is 0 Å². The fraction of sp³-hybridized carbons (Fsp3) is 0.182. The zero-order chi connectivity index (χ0) is 8.69. The summed E-state index contributed by atoms with van der Waals surface area (Å²) in [4.78, 5) is 0. The number of rotatable bonds is 4. The van der Waals surface area contributed by atoms with E-state index in [-0.39, 0.29) is 0 Å². The monoisotopic (exact) mass is 146 g/mol. The second-order valence-corrected chi connectivity index (χ2v) is 2.32. The van der Waals surface area contributed by atoms with E-state index in [0.29, 0.717) is 0 Å². The molecule has 0 saturated carbocycles. The van der Waals surface area contributed by atoms with Crippen LogP contribution in [-0.2, 0) is 0 Å². The molecule has 0 aliphatic heterocycles. The van der Waals surface area contributed by atoms with E-state index in [4.69, 9.17) is 0 Å². The normalized spacial score (nSPS) is 10.1. The zero-order valence-corrected chi connectivity index (χ0v) is 7.06. The molecular formula is C11H14. The van der Waals surface area contributed by atoms with E-state index in [2.05, 4.69) is 25.5 Å². The molecule has 0 radical (unpaired) electrons. The van der Waals surface area contributed by atoms with Crippen molar-refractivity contribution < 1.29 is 0 Å². The second-order valence-electron chi connectivity index (χ2n) is 2.32. The molecule has 0 heteroatoms. The molecule has 0 bridgehead atoms. The minimum Gasteiger partial charge on any atom is -0.130 e. The Bertz CT molecular complexity index is 222. The molecule has 0 N–H and O–H groups in total. The quantitative estimate of drug-likeness (QED) is 0.421. The smallest absolute Gasteiger partial charge is 0.000590 e. The van der Waals surface area contributed by atoms with Crippen LogP contribution in [0.3, 0.4) is 0 Å². The van der Waals surface area contributed by atoms with Gasteiger partial charge in [-0.3, -0.25) is 0 Å². The van der Waals surface area contributed by atoms with E-state index < -0.39 is 0 Å². The first kappa shape index (κ1) is 9.74. The first-order chi connectivity index (χ1) is 5.24. The summed E-state index contributed by atoms with van der Waals surface area (Å²) < 4.78 is 0. The van der Waals surface area contributed by atoms with Gasteiger partial charge >= 0.3 is 0 Å². The molecule has 0 aromatic heterocycles. The molecule has 0 nitrogen and oxygen atoms in total. The highest BCUT2D eigenvalue weighted by atomic mass is 13.9. The molecule has 0 aromatic carbocycles. The van der Waals surface area contributed by atoms with Gasteiger partial charge in [0.2, 0.25) is 0 Å². The number of hydrogen-bond donors (Lipinski definition) is 0. The SMILES string of the molecule is C=C=C(C)C/C(C=C)=C/C=C. The van der Waals surface area contributed by atoms with Crippen LogP contribution in [0.4, 0.5) is 0 Å². The Morgan fingerprint density at radius 3 is 2.45 bits per heavy atom. The third kappa shape index (κ3) is 4.19. The summed E-state index contributed by atoms with van der Waals surface area (Å²) in [6.45, 7) is 12.9. The summed E-state index contributed by atoms with van der Waals surface area (Å²) >= 11 is 0. The van der Waals surface area contributed by atoms with E-state index >= 15 is 0 Å². The molecule has 11 heavy (non-hydrogen) atoms. The van der Waals surface area contributed by atoms with Gasteiger partial charge in [-0.2, -0.15) is 0 Å². The predicted octanol–water partition coefficient (Wildman–Crippen LogP) is 3.41. The Hall–Kier alpha value is -1.26. The number of hydrogen-bond acceptors (Lipinski definition) is 0. The summed E-state index contributed by atoms with van der Waals surface area (Å²) in [5.74, 6) is 0. The molecule has 0 aromatic rings. The van der Waals surface area contributed by atoms with Crippen molar-refractivity contribution in [1.29, 1.82) is 0 Å². The first-order valence-electron chi connectivity index (χ1n) is 3.54. The number of allylic oxidation sites excluding steroid dienone is 5. The Morgan fingerprint density at radius 1 is 1.45 bits per heavy atom. The van der Waals surface area contributed by atoms with Gasteiger partial charge in [0, 0.05) is 6.42 Å². The molecule has 0 rings (SSSR count). The van der Waals surface area contributed by atoms with Crippen LogP contribution in [0, 0.1) is 0 Å². The summed E-state index contributed by atoms with van der Waals surface area (Å²) in [6, 6.07) is 0. The highest BCUT2D eigenvalue weighted by Crippen LogP contribution is 2.09. The average molecular weight is 146 g/mol. The van der Waals surface area contributed by atoms with E-state index in [9.17, 15) is 0 Å². The van der Waals surface area contributed by atoms with Crippen molar-refractivity contribution in [3.63, 3.8) is 0 Å². The van der Waals surface area contributed by atoms with Crippen LogP contribution >= 0.6 is 0 Å². The topological polar surface area (TPSA) is 0 Å². The van der Waals surface area contributed by atoms with E-state index in [1.165, 1.54) is 0 Å². The first-order valence-corrected chi connectivity index (χ1v) is 3.54. The molecule has 0 amide bonds. The van der Waals surface area contributed by atoms with Crippen molar-refractivity contribution in [2.24, 2.45) is 0 Å². The Morgan fingerprint density at radius 2 is 2.09 bits per heavy atom. The van der Waals surface area contributed by atoms with Gasteiger partial charge in [0.25, 0.3) is 0 Å². The third-order valence-electron chi connectivity index (χ3n) is 1.37. The van der Waals surface area contributed by atoms with Crippen molar-refractivity contribution in [3.05, 3.63) is 54.8 Å². The van der Waals surface area contributed by atoms with Crippen LogP contribution in [0.1, 0.15) is 13.3 Å². The fourth-order valence-electron chi connectivity index (χ4n) is 0.719. The maximum atomic E-state index is 3.69. The van der Waals surface area contributed by atoms with Crippen molar-refractivity contribution in [2.45, 2.75) is 13.3 Å². The molecule has 0 aliphatic rings. The lowest BCUT2D eigenvalue weighted by Gasteiger charge is -1.97. The van der Waals surface area contributed by atoms with Crippen molar-refractivity contribution >= 4 is 0 Å². The highest BCUT2D eigenvalue weighted by Gasteiger charge is 1.90. The van der Waals surface area contributed by atoms with E-state index in [1.54, 1.807) is 6.08 Å². The minimum absolute atomic E-state index is 0.860. The highest BCUT2D eigenvalue weighted by molar-refractivity contribution is 5.25. The van der Waals surface area contributed by atoms with E-state index in [0.717, 1.165) is 17.6 Å². The maximum Gasteiger partial charge on any atom is 0.000590 e. The maximum absolute atomic E-state index is 3.69. The summed E-state index contributed by atoms with van der Waals surface area (Å²) in [5, 5.41) is 0. The Kier molecular flexibility index (Phi) is 4.89. The third-order valence-corrected chi connectivity index (χ3v) is 1.37. The second kappa shape index (κ2) is 5.52. The van der Waals surface area contributed by atoms with Crippen LogP contribution in [-0.4, -0.2) is 0 Å². The lowest BCUT2D eigenvalue weighted by atomic mass is 10.1. The van der Waals surface area contributed by atoms with Crippen LogP contribution < -0.4 is 0 Å². The molecule has 0 atom stereocenters. The van der Waals surface area contributed by atoms with Gasteiger partial charge in [-0.1, -0.05) is 38.0 Å². The zero-order valence-electron chi connectivity index (χ0n) is 7.06. The molecule has 0 spiro atoms. The lowest BCUT2D eigenvalue weighted by molar-refractivity contribution is 1.16. The molecule has 0 fully saturated rings. The summed E-state index contributed by atoms with van der Waals surface area (Å²) in [7, 11) is 0. The average Bonchev–Trinajstić information content (AvgIpc) is 2.03. The molecular weight excluding hydrogens is 132 g/mol. The Labute approximate surface area is 68.9 Å². The van der Waals surface area contributed by atoms with Gasteiger partial charge in [-0.15, -0.1) is 5.73 Å². The standard InChI is InChI=1S/C11H14/c1-5-8-11(7-3)9-10(4)6-2/h5,7-8H,1-3,9H2,4H3/b11-8+. The van der Waals surface area contributed by atoms with Gasteiger partial charge in [0.05, 0.1) is 0 Å². The van der Waals surface area contributed by atoms with Crippen molar-refractivity contribution in [2.75, 3.05) is 0 Å². The molecule has 0 saturated heterocycles. The molecule has 0 aliphatic carbocycles. The lowest BCUT2D eigenvalue weighted by Crippen LogP contribution is -1.78. The van der Waals surface area contributed by atoms with Crippen molar-refractivity contribution in [1.82, 2.24) is 0 Å². The van der Waals surface area contributed by atoms with Gasteiger partial charge in [-0.25, -0.2) is 0 Å². The van der Waals surface area contributed by atoms with Crippen LogP contribution in [0.5, 0.6) is 0 Å². The predicted molar refractivity (Wildman–Crippen MR) is 51.4 cm³/mol.